The number of carbonyl (C=O) groups excluding carboxylic acids is 3. The zero-order valence-electron chi connectivity index (χ0n) is 17.6. The molecule has 0 fully saturated rings. The van der Waals surface area contributed by atoms with Gasteiger partial charge in [0.15, 0.2) is 4.34 Å². The highest BCUT2D eigenvalue weighted by Crippen LogP contribution is 2.31. The van der Waals surface area contributed by atoms with E-state index >= 15 is 0 Å². The van der Waals surface area contributed by atoms with Gasteiger partial charge in [0, 0.05) is 29.5 Å². The Morgan fingerprint density at radius 3 is 2.33 bits per heavy atom. The van der Waals surface area contributed by atoms with Gasteiger partial charge >= 0.3 is 0 Å². The lowest BCUT2D eigenvalue weighted by Crippen LogP contribution is -2.41. The predicted octanol–water partition coefficient (Wildman–Crippen LogP) is 4.62. The summed E-state index contributed by atoms with van der Waals surface area (Å²) in [7, 11) is 0. The number of nitrogens with zero attached hydrogens (tertiary/aromatic N) is 1. The normalized spacial score (nSPS) is 10.6. The number of hydrazine groups is 1. The molecular weight excluding hydrogens is 456 g/mol. The fraction of sp³-hybridized carbons (Fsp3) is 0.0833. The molecule has 0 radical (unpaired) electrons. The van der Waals surface area contributed by atoms with Crippen molar-refractivity contribution in [2.75, 3.05) is 5.32 Å². The number of benzene rings is 3. The zero-order valence-corrected chi connectivity index (χ0v) is 19.3. The molecule has 3 N–H and O–H groups in total. The van der Waals surface area contributed by atoms with E-state index in [4.69, 9.17) is 0 Å². The van der Waals surface area contributed by atoms with Crippen molar-refractivity contribution in [3.05, 3.63) is 89.5 Å². The molecule has 3 aromatic carbocycles. The number of thioether (sulfide) groups is 1. The lowest BCUT2D eigenvalue weighted by atomic mass is 10.1. The Morgan fingerprint density at radius 1 is 0.879 bits per heavy atom. The predicted molar refractivity (Wildman–Crippen MR) is 131 cm³/mol. The maximum absolute atomic E-state index is 12.4. The molecule has 0 unspecified atom stereocenters. The first kappa shape index (κ1) is 22.5. The number of carbonyl (C=O) groups is 3. The third kappa shape index (κ3) is 5.97. The number of hydrogen-bond donors (Lipinski definition) is 3. The van der Waals surface area contributed by atoms with E-state index < -0.39 is 11.8 Å². The summed E-state index contributed by atoms with van der Waals surface area (Å²) in [5.41, 5.74) is 8.10. The molecule has 0 atom stereocenters. The number of anilines is 1. The summed E-state index contributed by atoms with van der Waals surface area (Å²) in [6, 6.07) is 21.7. The molecule has 33 heavy (non-hydrogen) atoms. The Labute approximate surface area is 198 Å². The van der Waals surface area contributed by atoms with E-state index in [9.17, 15) is 14.4 Å². The molecule has 0 bridgehead atoms. The van der Waals surface area contributed by atoms with E-state index in [0.717, 1.165) is 25.9 Å². The molecule has 0 saturated heterocycles. The molecular formula is C24H20N4O3S2. The fourth-order valence-electron chi connectivity index (χ4n) is 3.01. The van der Waals surface area contributed by atoms with Gasteiger partial charge in [-0.1, -0.05) is 42.1 Å². The Bertz CT molecular complexity index is 1290. The summed E-state index contributed by atoms with van der Waals surface area (Å²) in [4.78, 5) is 40.5. The van der Waals surface area contributed by atoms with Crippen LogP contribution >= 0.6 is 23.1 Å². The van der Waals surface area contributed by atoms with Crippen LogP contribution in [0.5, 0.6) is 0 Å². The van der Waals surface area contributed by atoms with Crippen molar-refractivity contribution in [2.45, 2.75) is 17.0 Å². The van der Waals surface area contributed by atoms with E-state index in [1.54, 1.807) is 53.4 Å². The summed E-state index contributed by atoms with van der Waals surface area (Å²) in [5.74, 6) is -0.405. The Morgan fingerprint density at radius 2 is 1.61 bits per heavy atom. The summed E-state index contributed by atoms with van der Waals surface area (Å²) in [5, 5.41) is 2.61. The number of hydrogen-bond acceptors (Lipinski definition) is 6. The highest BCUT2D eigenvalue weighted by atomic mass is 32.2. The van der Waals surface area contributed by atoms with Gasteiger partial charge in [0.2, 0.25) is 5.91 Å². The van der Waals surface area contributed by atoms with Crippen LogP contribution in [0.2, 0.25) is 0 Å². The summed E-state index contributed by atoms with van der Waals surface area (Å²) < 4.78 is 2.17. The largest absolute Gasteiger partial charge is 0.326 e. The molecule has 0 aliphatic rings. The second-order valence-electron chi connectivity index (χ2n) is 7.10. The van der Waals surface area contributed by atoms with Gasteiger partial charge in [-0.15, -0.1) is 11.3 Å². The van der Waals surface area contributed by atoms with Gasteiger partial charge in [0.25, 0.3) is 11.8 Å². The van der Waals surface area contributed by atoms with Crippen LogP contribution in [0.1, 0.15) is 33.2 Å². The van der Waals surface area contributed by atoms with Crippen LogP contribution in [0.25, 0.3) is 10.2 Å². The van der Waals surface area contributed by atoms with Crippen LogP contribution in [-0.4, -0.2) is 22.7 Å². The van der Waals surface area contributed by atoms with Crippen LogP contribution in [0.3, 0.4) is 0 Å². The molecule has 0 aliphatic carbocycles. The Hall–Kier alpha value is -3.69. The second kappa shape index (κ2) is 10.3. The van der Waals surface area contributed by atoms with Crippen molar-refractivity contribution < 1.29 is 14.4 Å². The first-order valence-electron chi connectivity index (χ1n) is 10.0. The zero-order chi connectivity index (χ0) is 23.2. The van der Waals surface area contributed by atoms with Gasteiger partial charge in [-0.2, -0.15) is 0 Å². The second-order valence-corrected chi connectivity index (χ2v) is 9.36. The molecule has 4 rings (SSSR count). The van der Waals surface area contributed by atoms with E-state index in [1.807, 2.05) is 30.3 Å². The summed E-state index contributed by atoms with van der Waals surface area (Å²) in [6.45, 7) is 1.39. The summed E-state index contributed by atoms with van der Waals surface area (Å²) >= 11 is 3.32. The molecule has 0 spiro atoms. The highest BCUT2D eigenvalue weighted by Gasteiger charge is 2.11. The molecule has 1 heterocycles. The van der Waals surface area contributed by atoms with Crippen LogP contribution in [0.4, 0.5) is 5.69 Å². The van der Waals surface area contributed by atoms with Crippen molar-refractivity contribution in [2.24, 2.45) is 0 Å². The van der Waals surface area contributed by atoms with Crippen molar-refractivity contribution in [1.29, 1.82) is 0 Å². The number of fused-ring (bicyclic) bond motifs is 1. The van der Waals surface area contributed by atoms with Crippen molar-refractivity contribution in [1.82, 2.24) is 15.8 Å². The summed E-state index contributed by atoms with van der Waals surface area (Å²) in [6.07, 6.45) is 0. The monoisotopic (exact) mass is 476 g/mol. The smallest absolute Gasteiger partial charge is 0.269 e. The van der Waals surface area contributed by atoms with Gasteiger partial charge < -0.3 is 5.32 Å². The maximum atomic E-state index is 12.4. The average Bonchev–Trinajstić information content (AvgIpc) is 3.24. The van der Waals surface area contributed by atoms with E-state index in [0.29, 0.717) is 16.8 Å². The fourth-order valence-corrected chi connectivity index (χ4v) is 5.03. The molecule has 1 aromatic heterocycles. The van der Waals surface area contributed by atoms with Gasteiger partial charge in [-0.05, 0) is 48.0 Å². The molecule has 0 aliphatic heterocycles. The van der Waals surface area contributed by atoms with Crippen molar-refractivity contribution in [3.63, 3.8) is 0 Å². The third-order valence-electron chi connectivity index (χ3n) is 4.59. The molecule has 3 amide bonds. The van der Waals surface area contributed by atoms with Gasteiger partial charge in [-0.3, -0.25) is 25.2 Å². The van der Waals surface area contributed by atoms with Gasteiger partial charge in [0.05, 0.1) is 10.2 Å². The van der Waals surface area contributed by atoms with E-state index in [-0.39, 0.29) is 5.91 Å². The number of thiazole rings is 1. The molecule has 4 aromatic rings. The van der Waals surface area contributed by atoms with Gasteiger partial charge in [0.1, 0.15) is 0 Å². The lowest BCUT2D eigenvalue weighted by molar-refractivity contribution is -0.114. The minimum Gasteiger partial charge on any atom is -0.326 e. The Kier molecular flexibility index (Phi) is 7.01. The minimum absolute atomic E-state index is 0.234. The minimum atomic E-state index is -0.487. The Balaban J connectivity index is 1.30. The first-order valence-corrected chi connectivity index (χ1v) is 11.8. The SMILES string of the molecule is CC(=O)Nc1cccc(C(=O)NNC(=O)c2ccc(CSc3nc4ccccc4s3)cc2)c1. The van der Waals surface area contributed by atoms with E-state index in [1.165, 1.54) is 13.0 Å². The molecule has 0 saturated carbocycles. The number of aromatic nitrogens is 1. The number of amides is 3. The van der Waals surface area contributed by atoms with Crippen LogP contribution in [-0.2, 0) is 10.5 Å². The standard InChI is InChI=1S/C24H20N4O3S2/c1-15(29)25-19-6-4-5-18(13-19)23(31)28-27-22(30)17-11-9-16(10-12-17)14-32-24-26-20-7-2-3-8-21(20)33-24/h2-13H,14H2,1H3,(H,25,29)(H,27,30)(H,28,31). The number of rotatable bonds is 6. The highest BCUT2D eigenvalue weighted by molar-refractivity contribution is 8.00. The van der Waals surface area contributed by atoms with E-state index in [2.05, 4.69) is 27.2 Å². The van der Waals surface area contributed by atoms with Crippen molar-refractivity contribution >= 4 is 56.7 Å². The topological polar surface area (TPSA) is 100 Å². The maximum Gasteiger partial charge on any atom is 0.269 e. The molecule has 7 nitrogen and oxygen atoms in total. The van der Waals surface area contributed by atoms with Crippen molar-refractivity contribution in [3.8, 4) is 0 Å². The number of para-hydroxylation sites is 1. The molecule has 166 valence electrons. The van der Waals surface area contributed by atoms with Crippen LogP contribution in [0.15, 0.2) is 77.1 Å². The average molecular weight is 477 g/mol. The van der Waals surface area contributed by atoms with Crippen LogP contribution in [0, 0.1) is 0 Å². The third-order valence-corrected chi connectivity index (χ3v) is 6.84. The molecule has 9 heteroatoms. The van der Waals surface area contributed by atoms with Crippen LogP contribution < -0.4 is 16.2 Å². The number of nitrogens with one attached hydrogen (secondary N) is 3. The van der Waals surface area contributed by atoms with Gasteiger partial charge in [-0.25, -0.2) is 4.98 Å². The quantitative estimate of drug-likeness (QED) is 0.278. The first-order chi connectivity index (χ1) is 16.0. The lowest BCUT2D eigenvalue weighted by Gasteiger charge is -2.09.